The van der Waals surface area contributed by atoms with Gasteiger partial charge in [-0.15, -0.1) is 0 Å². The zero-order valence-corrected chi connectivity index (χ0v) is 24.3. The zero-order valence-electron chi connectivity index (χ0n) is 24.3. The standard InChI is InChI=1S/C44H30/c1-4-16-31(17-5-1)35-22-10-11-23-37(35)42-30-34(28-29-36(42)32-18-6-2-7-19-32)44-40-26-14-12-24-38(40)43(33-20-8-3-9-21-33)39-25-13-15-27-41(39)44/h1-30H. The molecule has 0 radical (unpaired) electrons. The van der Waals surface area contributed by atoms with Crippen molar-refractivity contribution in [2.45, 2.75) is 0 Å². The summed E-state index contributed by atoms with van der Waals surface area (Å²) in [5.41, 5.74) is 12.4. The molecular weight excluding hydrogens is 528 g/mol. The molecule has 0 nitrogen and oxygen atoms in total. The highest BCUT2D eigenvalue weighted by molar-refractivity contribution is 6.21. The first-order valence-electron chi connectivity index (χ1n) is 15.2. The van der Waals surface area contributed by atoms with Crippen LogP contribution in [0, 0.1) is 0 Å². The normalized spacial score (nSPS) is 11.2. The monoisotopic (exact) mass is 558 g/mol. The SMILES string of the molecule is c1ccc(-c2ccccc2-c2cc(-c3c4ccccc4c(-c4ccccc4)c4ccccc34)ccc2-c2ccccc2)cc1. The van der Waals surface area contributed by atoms with Crippen molar-refractivity contribution in [1.29, 1.82) is 0 Å². The molecule has 0 unspecified atom stereocenters. The largest absolute Gasteiger partial charge is 0.0622 e. The van der Waals surface area contributed by atoms with E-state index >= 15 is 0 Å². The topological polar surface area (TPSA) is 0 Å². The van der Waals surface area contributed by atoms with Crippen LogP contribution in [-0.2, 0) is 0 Å². The summed E-state index contributed by atoms with van der Waals surface area (Å²) in [6.07, 6.45) is 0. The summed E-state index contributed by atoms with van der Waals surface area (Å²) in [6, 6.07) is 65.9. The van der Waals surface area contributed by atoms with Gasteiger partial charge in [-0.3, -0.25) is 0 Å². The van der Waals surface area contributed by atoms with Gasteiger partial charge in [0.1, 0.15) is 0 Å². The second-order valence-electron chi connectivity index (χ2n) is 11.2. The number of fused-ring (bicyclic) bond motifs is 2. The molecule has 8 rings (SSSR count). The molecule has 0 saturated carbocycles. The molecule has 8 aromatic carbocycles. The predicted octanol–water partition coefficient (Wildman–Crippen LogP) is 12.3. The number of benzene rings is 8. The van der Waals surface area contributed by atoms with Crippen molar-refractivity contribution in [3.8, 4) is 55.6 Å². The molecule has 0 atom stereocenters. The molecule has 0 spiro atoms. The minimum Gasteiger partial charge on any atom is -0.0622 e. The fraction of sp³-hybridized carbons (Fsp3) is 0. The fourth-order valence-electron chi connectivity index (χ4n) is 6.73. The van der Waals surface area contributed by atoms with Gasteiger partial charge in [0.2, 0.25) is 0 Å². The van der Waals surface area contributed by atoms with E-state index in [2.05, 4.69) is 182 Å². The average Bonchev–Trinajstić information content (AvgIpc) is 3.11. The number of hydrogen-bond donors (Lipinski definition) is 0. The molecule has 0 aliphatic heterocycles. The molecule has 0 fully saturated rings. The first kappa shape index (κ1) is 25.9. The molecule has 0 aromatic heterocycles. The van der Waals surface area contributed by atoms with Gasteiger partial charge in [-0.2, -0.15) is 0 Å². The maximum absolute atomic E-state index is 2.42. The zero-order chi connectivity index (χ0) is 29.3. The maximum atomic E-state index is 2.42. The molecule has 0 aliphatic rings. The van der Waals surface area contributed by atoms with Crippen molar-refractivity contribution in [2.75, 3.05) is 0 Å². The minimum atomic E-state index is 1.21. The van der Waals surface area contributed by atoms with Crippen LogP contribution in [-0.4, -0.2) is 0 Å². The van der Waals surface area contributed by atoms with Gasteiger partial charge in [-0.1, -0.05) is 176 Å². The summed E-state index contributed by atoms with van der Waals surface area (Å²) < 4.78 is 0. The minimum absolute atomic E-state index is 1.21. The van der Waals surface area contributed by atoms with E-state index in [9.17, 15) is 0 Å². The Kier molecular flexibility index (Phi) is 6.59. The van der Waals surface area contributed by atoms with Crippen molar-refractivity contribution in [3.63, 3.8) is 0 Å². The average molecular weight is 559 g/mol. The first-order chi connectivity index (χ1) is 21.9. The van der Waals surface area contributed by atoms with Crippen LogP contribution in [0.1, 0.15) is 0 Å². The second kappa shape index (κ2) is 11.2. The summed E-state index contributed by atoms with van der Waals surface area (Å²) in [5, 5.41) is 5.07. The van der Waals surface area contributed by atoms with Crippen molar-refractivity contribution >= 4 is 21.5 Å². The van der Waals surface area contributed by atoms with Crippen LogP contribution < -0.4 is 0 Å². The van der Waals surface area contributed by atoms with Gasteiger partial charge in [0.25, 0.3) is 0 Å². The summed E-state index contributed by atoms with van der Waals surface area (Å²) >= 11 is 0. The van der Waals surface area contributed by atoms with E-state index in [0.29, 0.717) is 0 Å². The Bertz CT molecular complexity index is 2190. The van der Waals surface area contributed by atoms with E-state index in [1.807, 2.05) is 0 Å². The lowest BCUT2D eigenvalue weighted by atomic mass is 9.83. The molecule has 0 heterocycles. The molecule has 0 N–H and O–H groups in total. The molecule has 206 valence electrons. The lowest BCUT2D eigenvalue weighted by molar-refractivity contribution is 1.56. The van der Waals surface area contributed by atoms with E-state index in [0.717, 1.165) is 0 Å². The Balaban J connectivity index is 1.45. The third-order valence-electron chi connectivity index (χ3n) is 8.69. The number of hydrogen-bond acceptors (Lipinski definition) is 0. The fourth-order valence-corrected chi connectivity index (χ4v) is 6.73. The van der Waals surface area contributed by atoms with E-state index in [1.54, 1.807) is 0 Å². The van der Waals surface area contributed by atoms with Crippen LogP contribution in [0.3, 0.4) is 0 Å². The molecule has 0 bridgehead atoms. The van der Waals surface area contributed by atoms with Gasteiger partial charge >= 0.3 is 0 Å². The molecule has 0 saturated heterocycles. The molecule has 8 aromatic rings. The van der Waals surface area contributed by atoms with Crippen LogP contribution in [0.2, 0.25) is 0 Å². The Hall–Kier alpha value is -5.72. The summed E-state index contributed by atoms with van der Waals surface area (Å²) in [6.45, 7) is 0. The molecule has 0 amide bonds. The smallest absolute Gasteiger partial charge is 0.00261 e. The van der Waals surface area contributed by atoms with Gasteiger partial charge in [-0.05, 0) is 83.2 Å². The lowest BCUT2D eigenvalue weighted by Gasteiger charge is -2.20. The Morgan fingerprint density at radius 1 is 0.205 bits per heavy atom. The Morgan fingerprint density at radius 2 is 0.568 bits per heavy atom. The maximum Gasteiger partial charge on any atom is -0.00261 e. The van der Waals surface area contributed by atoms with Gasteiger partial charge in [-0.25, -0.2) is 0 Å². The van der Waals surface area contributed by atoms with Crippen LogP contribution in [0.5, 0.6) is 0 Å². The van der Waals surface area contributed by atoms with Gasteiger partial charge in [0, 0.05) is 0 Å². The molecule has 0 aliphatic carbocycles. The van der Waals surface area contributed by atoms with Crippen molar-refractivity contribution in [1.82, 2.24) is 0 Å². The van der Waals surface area contributed by atoms with Crippen LogP contribution >= 0.6 is 0 Å². The van der Waals surface area contributed by atoms with Crippen molar-refractivity contribution in [3.05, 3.63) is 182 Å². The Labute approximate surface area is 258 Å². The highest BCUT2D eigenvalue weighted by Gasteiger charge is 2.19. The number of rotatable bonds is 5. The van der Waals surface area contributed by atoms with Crippen molar-refractivity contribution in [2.24, 2.45) is 0 Å². The van der Waals surface area contributed by atoms with Crippen LogP contribution in [0.15, 0.2) is 182 Å². The molecular formula is C44H30. The predicted molar refractivity (Wildman–Crippen MR) is 189 cm³/mol. The first-order valence-corrected chi connectivity index (χ1v) is 15.2. The highest BCUT2D eigenvalue weighted by Crippen LogP contribution is 2.46. The molecule has 0 heteroatoms. The van der Waals surface area contributed by atoms with Gasteiger partial charge in [0.05, 0.1) is 0 Å². The second-order valence-corrected chi connectivity index (χ2v) is 11.2. The van der Waals surface area contributed by atoms with E-state index < -0.39 is 0 Å². The van der Waals surface area contributed by atoms with Gasteiger partial charge in [0.15, 0.2) is 0 Å². The summed E-state index contributed by atoms with van der Waals surface area (Å²) in [4.78, 5) is 0. The van der Waals surface area contributed by atoms with E-state index in [-0.39, 0.29) is 0 Å². The molecule has 44 heavy (non-hydrogen) atoms. The van der Waals surface area contributed by atoms with Crippen LogP contribution in [0.25, 0.3) is 77.2 Å². The third-order valence-corrected chi connectivity index (χ3v) is 8.69. The highest BCUT2D eigenvalue weighted by atomic mass is 14.2. The summed E-state index contributed by atoms with van der Waals surface area (Å²) in [7, 11) is 0. The quantitative estimate of drug-likeness (QED) is 0.184. The van der Waals surface area contributed by atoms with Crippen LogP contribution in [0.4, 0.5) is 0 Å². The lowest BCUT2D eigenvalue weighted by Crippen LogP contribution is -1.93. The third kappa shape index (κ3) is 4.49. The van der Waals surface area contributed by atoms with Crippen molar-refractivity contribution < 1.29 is 0 Å². The Morgan fingerprint density at radius 3 is 1.07 bits per heavy atom. The van der Waals surface area contributed by atoms with Gasteiger partial charge < -0.3 is 0 Å². The van der Waals surface area contributed by atoms with E-state index in [1.165, 1.54) is 77.2 Å². The summed E-state index contributed by atoms with van der Waals surface area (Å²) in [5.74, 6) is 0. The van der Waals surface area contributed by atoms with E-state index in [4.69, 9.17) is 0 Å².